The predicted molar refractivity (Wildman–Crippen MR) is 189 cm³/mol. The van der Waals surface area contributed by atoms with E-state index < -0.39 is 10.4 Å². The van der Waals surface area contributed by atoms with Crippen molar-refractivity contribution in [3.63, 3.8) is 0 Å². The summed E-state index contributed by atoms with van der Waals surface area (Å²) >= 11 is 0. The van der Waals surface area contributed by atoms with Gasteiger partial charge in [0.15, 0.2) is 0 Å². The first kappa shape index (κ1) is 42.9. The molecule has 1 atom stereocenters. The standard InChI is InChI=1S/C38H78O4S/c1-3-5-7-9-11-13-15-17-19-20-22-24-26-28-30-32-34-36-38(37-42-43(39,40)41)35-33-31-29-27-25-23-21-18-16-14-12-10-8-6-4-2/h38H,3-37H2,1-2H3,(H,39,40,41). The molecule has 0 aromatic heterocycles. The average molecular weight is 631 g/mol. The Morgan fingerprint density at radius 3 is 0.814 bits per heavy atom. The minimum absolute atomic E-state index is 0.135. The van der Waals surface area contributed by atoms with Crippen molar-refractivity contribution < 1.29 is 17.2 Å². The fourth-order valence-electron chi connectivity index (χ4n) is 6.46. The van der Waals surface area contributed by atoms with E-state index in [0.717, 1.165) is 25.7 Å². The van der Waals surface area contributed by atoms with Crippen LogP contribution >= 0.6 is 0 Å². The fraction of sp³-hybridized carbons (Fsp3) is 1.00. The Hall–Kier alpha value is -0.130. The first-order chi connectivity index (χ1) is 21.0. The second-order valence-corrected chi connectivity index (χ2v) is 14.9. The van der Waals surface area contributed by atoms with Gasteiger partial charge in [-0.15, -0.1) is 0 Å². The first-order valence-corrected chi connectivity index (χ1v) is 21.0. The molecule has 260 valence electrons. The van der Waals surface area contributed by atoms with E-state index in [2.05, 4.69) is 13.8 Å². The van der Waals surface area contributed by atoms with Gasteiger partial charge < -0.3 is 0 Å². The van der Waals surface area contributed by atoms with E-state index in [1.807, 2.05) is 0 Å². The molecule has 1 N–H and O–H groups in total. The van der Waals surface area contributed by atoms with Gasteiger partial charge in [0.2, 0.25) is 0 Å². The summed E-state index contributed by atoms with van der Waals surface area (Å²) in [6.07, 6.45) is 45.6. The Morgan fingerprint density at radius 1 is 0.395 bits per heavy atom. The zero-order valence-corrected chi connectivity index (χ0v) is 30.2. The van der Waals surface area contributed by atoms with Crippen molar-refractivity contribution in [1.29, 1.82) is 0 Å². The molecule has 1 unspecified atom stereocenters. The molecule has 43 heavy (non-hydrogen) atoms. The molecule has 0 rings (SSSR count). The molecule has 4 nitrogen and oxygen atoms in total. The van der Waals surface area contributed by atoms with Crippen molar-refractivity contribution in [2.24, 2.45) is 5.92 Å². The maximum atomic E-state index is 11.1. The van der Waals surface area contributed by atoms with Gasteiger partial charge in [0.1, 0.15) is 0 Å². The lowest BCUT2D eigenvalue weighted by Crippen LogP contribution is -2.14. The number of hydrogen-bond acceptors (Lipinski definition) is 3. The van der Waals surface area contributed by atoms with Crippen molar-refractivity contribution in [2.75, 3.05) is 6.61 Å². The van der Waals surface area contributed by atoms with Gasteiger partial charge in [-0.2, -0.15) is 8.42 Å². The van der Waals surface area contributed by atoms with Crippen molar-refractivity contribution in [3.05, 3.63) is 0 Å². The summed E-state index contributed by atoms with van der Waals surface area (Å²) in [4.78, 5) is 0. The van der Waals surface area contributed by atoms with Gasteiger partial charge in [-0.05, 0) is 18.8 Å². The van der Waals surface area contributed by atoms with Gasteiger partial charge in [0.25, 0.3) is 0 Å². The Bertz CT molecular complexity index is 621. The lowest BCUT2D eigenvalue weighted by atomic mass is 9.94. The highest BCUT2D eigenvalue weighted by Gasteiger charge is 2.13. The van der Waals surface area contributed by atoms with Gasteiger partial charge >= 0.3 is 10.4 Å². The summed E-state index contributed by atoms with van der Waals surface area (Å²) in [6, 6.07) is 0. The van der Waals surface area contributed by atoms with Crippen LogP contribution in [-0.4, -0.2) is 19.6 Å². The van der Waals surface area contributed by atoms with Crippen molar-refractivity contribution in [3.8, 4) is 0 Å². The van der Waals surface area contributed by atoms with E-state index in [1.54, 1.807) is 0 Å². The van der Waals surface area contributed by atoms with Gasteiger partial charge in [0.05, 0.1) is 6.61 Å². The molecule has 0 saturated heterocycles. The summed E-state index contributed by atoms with van der Waals surface area (Å²) in [5.41, 5.74) is 0. The third kappa shape index (κ3) is 38.0. The summed E-state index contributed by atoms with van der Waals surface area (Å²) in [6.45, 7) is 4.70. The van der Waals surface area contributed by atoms with Gasteiger partial charge in [0, 0.05) is 0 Å². The van der Waals surface area contributed by atoms with E-state index in [-0.39, 0.29) is 12.5 Å². The van der Waals surface area contributed by atoms with E-state index in [0.29, 0.717) is 0 Å². The van der Waals surface area contributed by atoms with Crippen molar-refractivity contribution in [2.45, 2.75) is 232 Å². The molecule has 0 amide bonds. The smallest absolute Gasteiger partial charge is 0.264 e. The quantitative estimate of drug-likeness (QED) is 0.0548. The maximum Gasteiger partial charge on any atom is 0.397 e. The molecule has 0 aromatic carbocycles. The average Bonchev–Trinajstić information content (AvgIpc) is 2.98. The molecular formula is C38H78O4S. The molecule has 0 bridgehead atoms. The molecule has 0 aliphatic carbocycles. The van der Waals surface area contributed by atoms with Crippen molar-refractivity contribution in [1.82, 2.24) is 0 Å². The van der Waals surface area contributed by atoms with Gasteiger partial charge in [-0.1, -0.05) is 219 Å². The molecule has 0 fully saturated rings. The Balaban J connectivity index is 3.65. The molecule has 0 heterocycles. The van der Waals surface area contributed by atoms with Crippen LogP contribution in [0, 0.1) is 5.92 Å². The molecule has 0 aliphatic rings. The zero-order chi connectivity index (χ0) is 31.5. The van der Waals surface area contributed by atoms with Crippen LogP contribution in [0.1, 0.15) is 232 Å². The van der Waals surface area contributed by atoms with Crippen LogP contribution in [0.15, 0.2) is 0 Å². The Kier molecular flexibility index (Phi) is 34.6. The SMILES string of the molecule is CCCCCCCCCCCCCCCCCCCC(CCCCCCCCCCCCCCCCC)COS(=O)(=O)O. The van der Waals surface area contributed by atoms with E-state index in [1.165, 1.54) is 193 Å². The molecule has 0 spiro atoms. The molecule has 0 aliphatic heterocycles. The monoisotopic (exact) mass is 631 g/mol. The Morgan fingerprint density at radius 2 is 0.605 bits per heavy atom. The van der Waals surface area contributed by atoms with E-state index in [9.17, 15) is 8.42 Å². The van der Waals surface area contributed by atoms with Gasteiger partial charge in [-0.25, -0.2) is 4.18 Å². The highest BCUT2D eigenvalue weighted by atomic mass is 32.3. The van der Waals surface area contributed by atoms with Crippen LogP contribution in [0.3, 0.4) is 0 Å². The van der Waals surface area contributed by atoms with Crippen LogP contribution in [0.4, 0.5) is 0 Å². The molecule has 0 radical (unpaired) electrons. The molecule has 0 aromatic rings. The van der Waals surface area contributed by atoms with Crippen LogP contribution in [0.5, 0.6) is 0 Å². The second kappa shape index (κ2) is 34.7. The Labute approximate surface area is 271 Å². The third-order valence-corrected chi connectivity index (χ3v) is 9.82. The molecule has 0 saturated carbocycles. The minimum Gasteiger partial charge on any atom is -0.264 e. The van der Waals surface area contributed by atoms with Gasteiger partial charge in [-0.3, -0.25) is 4.55 Å². The molecule has 5 heteroatoms. The highest BCUT2D eigenvalue weighted by molar-refractivity contribution is 7.80. The predicted octanol–water partition coefficient (Wildman–Crippen LogP) is 13.7. The summed E-state index contributed by atoms with van der Waals surface area (Å²) < 4.78 is 36.0. The minimum atomic E-state index is -4.34. The topological polar surface area (TPSA) is 63.6 Å². The number of rotatable bonds is 37. The van der Waals surface area contributed by atoms with Crippen LogP contribution < -0.4 is 0 Å². The van der Waals surface area contributed by atoms with Crippen LogP contribution in [0.25, 0.3) is 0 Å². The summed E-state index contributed by atoms with van der Waals surface area (Å²) in [5.74, 6) is 0.236. The van der Waals surface area contributed by atoms with Crippen LogP contribution in [-0.2, 0) is 14.6 Å². The lowest BCUT2D eigenvalue weighted by Gasteiger charge is -2.16. The third-order valence-electron chi connectivity index (χ3n) is 9.38. The largest absolute Gasteiger partial charge is 0.397 e. The number of hydrogen-bond donors (Lipinski definition) is 1. The fourth-order valence-corrected chi connectivity index (χ4v) is 6.82. The second-order valence-electron chi connectivity index (χ2n) is 13.8. The van der Waals surface area contributed by atoms with E-state index in [4.69, 9.17) is 8.74 Å². The first-order valence-electron chi connectivity index (χ1n) is 19.6. The van der Waals surface area contributed by atoms with E-state index >= 15 is 0 Å². The highest BCUT2D eigenvalue weighted by Crippen LogP contribution is 2.21. The zero-order valence-electron chi connectivity index (χ0n) is 29.4. The normalized spacial score (nSPS) is 12.7. The summed E-state index contributed by atoms with van der Waals surface area (Å²) in [5, 5.41) is 0. The molecular weight excluding hydrogens is 552 g/mol. The summed E-state index contributed by atoms with van der Waals surface area (Å²) in [7, 11) is -4.34. The lowest BCUT2D eigenvalue weighted by molar-refractivity contribution is 0.204. The maximum absolute atomic E-state index is 11.1. The van der Waals surface area contributed by atoms with Crippen LogP contribution in [0.2, 0.25) is 0 Å². The number of unbranched alkanes of at least 4 members (excludes halogenated alkanes) is 30. The van der Waals surface area contributed by atoms with Crippen molar-refractivity contribution >= 4 is 10.4 Å².